The lowest BCUT2D eigenvalue weighted by Crippen LogP contribution is -1.93. The second-order valence-corrected chi connectivity index (χ2v) is 6.82. The van der Waals surface area contributed by atoms with Crippen LogP contribution in [0.15, 0.2) is 58.5 Å². The van der Waals surface area contributed by atoms with Crippen LogP contribution in [-0.4, -0.2) is 14.5 Å². The molecule has 0 unspecified atom stereocenters. The van der Waals surface area contributed by atoms with Crippen molar-refractivity contribution in [3.63, 3.8) is 0 Å². The molecule has 0 spiro atoms. The van der Waals surface area contributed by atoms with Gasteiger partial charge in [-0.3, -0.25) is 0 Å². The lowest BCUT2D eigenvalue weighted by atomic mass is 10.1. The molecule has 0 radical (unpaired) electrons. The van der Waals surface area contributed by atoms with Crippen LogP contribution in [0.1, 0.15) is 11.1 Å². The highest BCUT2D eigenvalue weighted by molar-refractivity contribution is 14.1. The van der Waals surface area contributed by atoms with Crippen molar-refractivity contribution >= 4 is 71.3 Å². The maximum absolute atomic E-state index is 4.76. The van der Waals surface area contributed by atoms with Gasteiger partial charge in [0.2, 0.25) is 0 Å². The molecule has 1 aliphatic rings. The smallest absolute Gasteiger partial charge is 0.163 e. The van der Waals surface area contributed by atoms with Gasteiger partial charge >= 0.3 is 0 Å². The van der Waals surface area contributed by atoms with E-state index in [-0.39, 0.29) is 0 Å². The van der Waals surface area contributed by atoms with Gasteiger partial charge in [-0.05, 0) is 45.2 Å². The lowest BCUT2D eigenvalue weighted by molar-refractivity contribution is 1.30. The molecule has 0 amide bonds. The second-order valence-electron chi connectivity index (χ2n) is 4.72. The number of rotatable bonds is 1. The molecule has 1 aliphatic heterocycles. The maximum atomic E-state index is 4.76. The van der Waals surface area contributed by atoms with Crippen molar-refractivity contribution in [2.75, 3.05) is 0 Å². The highest BCUT2D eigenvalue weighted by Gasteiger charge is 2.19. The number of amidine groups is 1. The fourth-order valence-corrected chi connectivity index (χ4v) is 3.89. The van der Waals surface area contributed by atoms with Crippen LogP contribution in [0.25, 0.3) is 10.8 Å². The number of nitrogens with zero attached hydrogens (tertiary/aromatic N) is 2. The maximum Gasteiger partial charge on any atom is 0.163 e. The zero-order valence-electron chi connectivity index (χ0n) is 10.8. The van der Waals surface area contributed by atoms with Gasteiger partial charge in [0.05, 0.1) is 3.70 Å². The van der Waals surface area contributed by atoms with E-state index >= 15 is 0 Å². The summed E-state index contributed by atoms with van der Waals surface area (Å²) >= 11 is 4.57. The molecular formula is C16H9I2N3. The average Bonchev–Trinajstić information content (AvgIpc) is 3.00. The molecule has 1 aromatic heterocycles. The lowest BCUT2D eigenvalue weighted by Gasteiger charge is -1.98. The minimum atomic E-state index is 0.776. The largest absolute Gasteiger partial charge is 0.334 e. The first kappa shape index (κ1) is 13.4. The Labute approximate surface area is 148 Å². The summed E-state index contributed by atoms with van der Waals surface area (Å²) in [7, 11) is 0. The van der Waals surface area contributed by atoms with Crippen LogP contribution >= 0.6 is 45.2 Å². The number of hydrogen-bond donors (Lipinski definition) is 1. The zero-order chi connectivity index (χ0) is 14.4. The first-order valence-electron chi connectivity index (χ1n) is 6.43. The van der Waals surface area contributed by atoms with E-state index in [9.17, 15) is 0 Å². The minimum absolute atomic E-state index is 0.776. The molecule has 2 heterocycles. The van der Waals surface area contributed by atoms with Gasteiger partial charge in [-0.1, -0.05) is 48.5 Å². The second kappa shape index (κ2) is 5.20. The molecular weight excluding hydrogens is 488 g/mol. The van der Waals surface area contributed by atoms with Crippen molar-refractivity contribution in [3.05, 3.63) is 63.4 Å². The summed E-state index contributed by atoms with van der Waals surface area (Å²) in [6, 6.07) is 16.5. The summed E-state index contributed by atoms with van der Waals surface area (Å²) < 4.78 is 2.10. The number of aromatic nitrogens is 1. The van der Waals surface area contributed by atoms with E-state index in [0.29, 0.717) is 0 Å². The standard InChI is InChI=1S/C16H9I2N3/c17-13-9-5-1-3-7-11(9)15(19-13)21-16-12-8-4-2-6-10(12)14(18)20-16/h1-8,19H/b21-16-. The summed E-state index contributed by atoms with van der Waals surface area (Å²) in [6.07, 6.45) is 0. The molecule has 4 rings (SSSR count). The van der Waals surface area contributed by atoms with Gasteiger partial charge in [-0.25, -0.2) is 9.98 Å². The fourth-order valence-electron chi connectivity index (χ4n) is 2.47. The zero-order valence-corrected chi connectivity index (χ0v) is 15.1. The molecule has 0 fully saturated rings. The van der Waals surface area contributed by atoms with E-state index in [1.807, 2.05) is 24.3 Å². The molecule has 102 valence electrons. The van der Waals surface area contributed by atoms with Gasteiger partial charge in [0, 0.05) is 21.9 Å². The Morgan fingerprint density at radius 1 is 0.857 bits per heavy atom. The molecule has 0 bridgehead atoms. The number of aromatic amines is 1. The number of benzene rings is 2. The van der Waals surface area contributed by atoms with Gasteiger partial charge in [0.25, 0.3) is 0 Å². The number of H-pyrrole nitrogens is 1. The predicted octanol–water partition coefficient (Wildman–Crippen LogP) is 5.05. The summed E-state index contributed by atoms with van der Waals surface area (Å²) in [5, 5.41) is 2.33. The third-order valence-electron chi connectivity index (χ3n) is 3.46. The molecule has 0 atom stereocenters. The normalized spacial score (nSPS) is 15.5. The van der Waals surface area contributed by atoms with Gasteiger partial charge < -0.3 is 4.98 Å². The van der Waals surface area contributed by atoms with Crippen LogP contribution in [0.4, 0.5) is 5.82 Å². The SMILES string of the molecule is IC1=N/C(=N\c2[nH]c(I)c3ccccc23)c2ccccc21. The van der Waals surface area contributed by atoms with Crippen molar-refractivity contribution in [1.82, 2.24) is 4.98 Å². The van der Waals surface area contributed by atoms with E-state index in [1.165, 1.54) is 5.39 Å². The molecule has 0 saturated carbocycles. The minimum Gasteiger partial charge on any atom is -0.334 e. The Hall–Kier alpha value is -1.22. The van der Waals surface area contributed by atoms with Crippen molar-refractivity contribution < 1.29 is 0 Å². The van der Waals surface area contributed by atoms with Gasteiger partial charge in [-0.15, -0.1) is 0 Å². The van der Waals surface area contributed by atoms with Gasteiger partial charge in [0.15, 0.2) is 5.84 Å². The van der Waals surface area contributed by atoms with E-state index in [0.717, 1.165) is 35.6 Å². The van der Waals surface area contributed by atoms with E-state index in [4.69, 9.17) is 4.99 Å². The van der Waals surface area contributed by atoms with Crippen LogP contribution in [0.2, 0.25) is 0 Å². The Morgan fingerprint density at radius 2 is 1.52 bits per heavy atom. The van der Waals surface area contributed by atoms with E-state index in [2.05, 4.69) is 79.4 Å². The van der Waals surface area contributed by atoms with Gasteiger partial charge in [0.1, 0.15) is 9.54 Å². The number of nitrogens with one attached hydrogen (secondary N) is 1. The molecule has 21 heavy (non-hydrogen) atoms. The number of fused-ring (bicyclic) bond motifs is 2. The van der Waals surface area contributed by atoms with E-state index in [1.54, 1.807) is 0 Å². The highest BCUT2D eigenvalue weighted by atomic mass is 127. The Balaban J connectivity index is 1.93. The van der Waals surface area contributed by atoms with Crippen LogP contribution in [-0.2, 0) is 0 Å². The fraction of sp³-hybridized carbons (Fsp3) is 0. The quantitative estimate of drug-likeness (QED) is 0.458. The summed E-state index contributed by atoms with van der Waals surface area (Å²) in [5.41, 5.74) is 2.25. The first-order chi connectivity index (χ1) is 10.2. The van der Waals surface area contributed by atoms with Crippen LogP contribution in [0, 0.1) is 3.70 Å². The summed E-state index contributed by atoms with van der Waals surface area (Å²) in [6.45, 7) is 0. The molecule has 5 heteroatoms. The first-order valence-corrected chi connectivity index (χ1v) is 8.58. The summed E-state index contributed by atoms with van der Waals surface area (Å²) in [4.78, 5) is 12.7. The van der Waals surface area contributed by atoms with Crippen molar-refractivity contribution in [3.8, 4) is 0 Å². The van der Waals surface area contributed by atoms with Crippen LogP contribution in [0.5, 0.6) is 0 Å². The van der Waals surface area contributed by atoms with E-state index < -0.39 is 0 Å². The molecule has 1 N–H and O–H groups in total. The predicted molar refractivity (Wildman–Crippen MR) is 104 cm³/mol. The van der Waals surface area contributed by atoms with Crippen LogP contribution < -0.4 is 0 Å². The Kier molecular flexibility index (Phi) is 3.33. The van der Waals surface area contributed by atoms with Crippen molar-refractivity contribution in [2.45, 2.75) is 0 Å². The Morgan fingerprint density at radius 3 is 2.33 bits per heavy atom. The number of aliphatic imine (C=N–C) groups is 2. The molecule has 3 aromatic rings. The topological polar surface area (TPSA) is 40.5 Å². The number of halogens is 2. The Bertz CT molecular complexity index is 922. The van der Waals surface area contributed by atoms with Crippen LogP contribution in [0.3, 0.4) is 0 Å². The third kappa shape index (κ3) is 2.22. The summed E-state index contributed by atoms with van der Waals surface area (Å²) in [5.74, 6) is 1.65. The highest BCUT2D eigenvalue weighted by Crippen LogP contribution is 2.31. The average molecular weight is 497 g/mol. The molecule has 2 aromatic carbocycles. The van der Waals surface area contributed by atoms with Crippen molar-refractivity contribution in [2.24, 2.45) is 9.98 Å². The molecule has 3 nitrogen and oxygen atoms in total. The monoisotopic (exact) mass is 497 g/mol. The molecule has 0 saturated heterocycles. The van der Waals surface area contributed by atoms with Gasteiger partial charge in [-0.2, -0.15) is 0 Å². The number of hydrogen-bond acceptors (Lipinski definition) is 1. The van der Waals surface area contributed by atoms with Crippen molar-refractivity contribution in [1.29, 1.82) is 0 Å². The third-order valence-corrected chi connectivity index (χ3v) is 5.13. The molecule has 0 aliphatic carbocycles.